The zero-order chi connectivity index (χ0) is 12.5. The lowest BCUT2D eigenvalue weighted by molar-refractivity contribution is 0.343. The van der Waals surface area contributed by atoms with E-state index in [2.05, 4.69) is 35.5 Å². The predicted molar refractivity (Wildman–Crippen MR) is 72.3 cm³/mol. The monoisotopic (exact) mass is 247 g/mol. The first-order valence-corrected chi connectivity index (χ1v) is 6.09. The maximum absolute atomic E-state index is 5.29. The molecule has 0 spiro atoms. The summed E-state index contributed by atoms with van der Waals surface area (Å²) in [6, 6.07) is 10.1. The van der Waals surface area contributed by atoms with Crippen molar-refractivity contribution >= 4 is 12.2 Å². The zero-order valence-corrected chi connectivity index (χ0v) is 11.2. The molecular weight excluding hydrogens is 230 g/mol. The van der Waals surface area contributed by atoms with E-state index < -0.39 is 0 Å². The van der Waals surface area contributed by atoms with Gasteiger partial charge in [-0.05, 0) is 17.6 Å². The first-order valence-electron chi connectivity index (χ1n) is 5.68. The Balaban J connectivity index is 2.47. The van der Waals surface area contributed by atoms with E-state index in [-0.39, 0.29) is 5.41 Å². The van der Waals surface area contributed by atoms with Crippen LogP contribution < -0.4 is 0 Å². The fraction of sp³-hybridized carbons (Fsp3) is 0.385. The Kier molecular flexibility index (Phi) is 3.15. The first-order chi connectivity index (χ1) is 7.97. The molecule has 1 aromatic heterocycles. The minimum Gasteiger partial charge on any atom is -0.300 e. The van der Waals surface area contributed by atoms with Gasteiger partial charge in [0, 0.05) is 12.1 Å². The van der Waals surface area contributed by atoms with Gasteiger partial charge < -0.3 is 0 Å². The van der Waals surface area contributed by atoms with Crippen molar-refractivity contribution in [2.24, 2.45) is 5.41 Å². The van der Waals surface area contributed by atoms with E-state index in [1.807, 2.05) is 30.3 Å². The number of nitrogens with zero attached hydrogens (tertiary/aromatic N) is 2. The van der Waals surface area contributed by atoms with Crippen molar-refractivity contribution in [3.8, 4) is 11.4 Å². The summed E-state index contributed by atoms with van der Waals surface area (Å²) >= 11 is 5.29. The summed E-state index contributed by atoms with van der Waals surface area (Å²) in [7, 11) is 0. The topological polar surface area (TPSA) is 33.6 Å². The molecule has 0 radical (unpaired) electrons. The van der Waals surface area contributed by atoms with E-state index in [1.54, 1.807) is 0 Å². The fourth-order valence-corrected chi connectivity index (χ4v) is 1.94. The second kappa shape index (κ2) is 4.45. The lowest BCUT2D eigenvalue weighted by atomic mass is 9.97. The molecule has 0 aliphatic rings. The molecule has 0 unspecified atom stereocenters. The van der Waals surface area contributed by atoms with Crippen molar-refractivity contribution < 1.29 is 0 Å². The quantitative estimate of drug-likeness (QED) is 0.822. The number of hydrogen-bond donors (Lipinski definition) is 1. The molecule has 0 saturated carbocycles. The Morgan fingerprint density at radius 2 is 1.88 bits per heavy atom. The zero-order valence-electron chi connectivity index (χ0n) is 10.4. The van der Waals surface area contributed by atoms with E-state index in [9.17, 15) is 0 Å². The van der Waals surface area contributed by atoms with Crippen LogP contribution in [0.5, 0.6) is 0 Å². The SMILES string of the molecule is CC(C)(C)Cn1c(-c2ccccc2)n[nH]c1=S. The highest BCUT2D eigenvalue weighted by molar-refractivity contribution is 7.71. The predicted octanol–water partition coefficient (Wildman–Crippen LogP) is 3.65. The lowest BCUT2D eigenvalue weighted by Gasteiger charge is -2.19. The maximum Gasteiger partial charge on any atom is 0.195 e. The van der Waals surface area contributed by atoms with Crippen LogP contribution in [0.4, 0.5) is 0 Å². The van der Waals surface area contributed by atoms with Gasteiger partial charge in [-0.2, -0.15) is 5.10 Å². The van der Waals surface area contributed by atoms with E-state index in [0.29, 0.717) is 4.77 Å². The van der Waals surface area contributed by atoms with E-state index in [4.69, 9.17) is 12.2 Å². The third kappa shape index (κ3) is 2.82. The maximum atomic E-state index is 5.29. The molecule has 0 aliphatic heterocycles. The second-order valence-corrected chi connectivity index (χ2v) is 5.75. The molecule has 90 valence electrons. The molecule has 17 heavy (non-hydrogen) atoms. The average Bonchev–Trinajstić information content (AvgIpc) is 2.60. The average molecular weight is 247 g/mol. The van der Waals surface area contributed by atoms with Gasteiger partial charge in [0.25, 0.3) is 0 Å². The molecule has 1 aromatic carbocycles. The molecule has 2 aromatic rings. The molecule has 1 heterocycles. The summed E-state index contributed by atoms with van der Waals surface area (Å²) in [6.45, 7) is 7.43. The standard InChI is InChI=1S/C13H17N3S/c1-13(2,3)9-16-11(14-15-12(16)17)10-7-5-4-6-8-10/h4-8H,9H2,1-3H3,(H,15,17). The van der Waals surface area contributed by atoms with Crippen LogP contribution in [-0.4, -0.2) is 14.8 Å². The second-order valence-electron chi connectivity index (χ2n) is 5.37. The number of rotatable bonds is 2. The van der Waals surface area contributed by atoms with Crippen molar-refractivity contribution in [1.82, 2.24) is 14.8 Å². The minimum atomic E-state index is 0.172. The summed E-state index contributed by atoms with van der Waals surface area (Å²) in [4.78, 5) is 0. The number of hydrogen-bond acceptors (Lipinski definition) is 2. The molecule has 0 aliphatic carbocycles. The van der Waals surface area contributed by atoms with Crippen LogP contribution in [-0.2, 0) is 6.54 Å². The highest BCUT2D eigenvalue weighted by Gasteiger charge is 2.16. The van der Waals surface area contributed by atoms with Crippen molar-refractivity contribution in [3.05, 3.63) is 35.1 Å². The minimum absolute atomic E-state index is 0.172. The highest BCUT2D eigenvalue weighted by Crippen LogP contribution is 2.22. The molecule has 4 heteroatoms. The van der Waals surface area contributed by atoms with E-state index in [0.717, 1.165) is 17.9 Å². The van der Waals surface area contributed by atoms with Gasteiger partial charge >= 0.3 is 0 Å². The van der Waals surface area contributed by atoms with Crippen LogP contribution in [0.15, 0.2) is 30.3 Å². The smallest absolute Gasteiger partial charge is 0.195 e. The fourth-order valence-electron chi connectivity index (χ4n) is 1.75. The third-order valence-electron chi connectivity index (χ3n) is 2.42. The van der Waals surface area contributed by atoms with Gasteiger partial charge in [0.05, 0.1) is 0 Å². The normalized spacial score (nSPS) is 11.7. The Hall–Kier alpha value is -1.42. The number of H-pyrrole nitrogens is 1. The molecule has 2 rings (SSSR count). The van der Waals surface area contributed by atoms with Crippen LogP contribution >= 0.6 is 12.2 Å². The van der Waals surface area contributed by atoms with Crippen molar-refractivity contribution in [3.63, 3.8) is 0 Å². The Morgan fingerprint density at radius 3 is 2.47 bits per heavy atom. The van der Waals surface area contributed by atoms with Crippen molar-refractivity contribution in [1.29, 1.82) is 0 Å². The largest absolute Gasteiger partial charge is 0.300 e. The molecule has 0 amide bonds. The van der Waals surface area contributed by atoms with Gasteiger partial charge in [-0.3, -0.25) is 9.67 Å². The Morgan fingerprint density at radius 1 is 1.24 bits per heavy atom. The number of aromatic amines is 1. The van der Waals surface area contributed by atoms with E-state index in [1.165, 1.54) is 0 Å². The van der Waals surface area contributed by atoms with Gasteiger partial charge in [0.2, 0.25) is 0 Å². The molecule has 1 N–H and O–H groups in total. The Labute approximate surface area is 106 Å². The first kappa shape index (κ1) is 12.0. The molecule has 0 atom stereocenters. The summed E-state index contributed by atoms with van der Waals surface area (Å²) in [6.07, 6.45) is 0. The summed E-state index contributed by atoms with van der Waals surface area (Å²) in [5.41, 5.74) is 1.26. The molecule has 0 bridgehead atoms. The molecular formula is C13H17N3S. The van der Waals surface area contributed by atoms with Crippen LogP contribution in [0.25, 0.3) is 11.4 Å². The highest BCUT2D eigenvalue weighted by atomic mass is 32.1. The van der Waals surface area contributed by atoms with Crippen LogP contribution in [0.3, 0.4) is 0 Å². The van der Waals surface area contributed by atoms with Crippen LogP contribution in [0.1, 0.15) is 20.8 Å². The molecule has 0 saturated heterocycles. The van der Waals surface area contributed by atoms with Gasteiger partial charge in [0.15, 0.2) is 10.6 Å². The van der Waals surface area contributed by atoms with Crippen molar-refractivity contribution in [2.75, 3.05) is 0 Å². The van der Waals surface area contributed by atoms with Crippen molar-refractivity contribution in [2.45, 2.75) is 27.3 Å². The van der Waals surface area contributed by atoms with Gasteiger partial charge in [-0.25, -0.2) is 0 Å². The lowest BCUT2D eigenvalue weighted by Crippen LogP contribution is -2.16. The van der Waals surface area contributed by atoms with Crippen LogP contribution in [0.2, 0.25) is 0 Å². The summed E-state index contributed by atoms with van der Waals surface area (Å²) in [5, 5.41) is 7.19. The number of aromatic nitrogens is 3. The van der Waals surface area contributed by atoms with E-state index >= 15 is 0 Å². The summed E-state index contributed by atoms with van der Waals surface area (Å²) in [5.74, 6) is 0.908. The summed E-state index contributed by atoms with van der Waals surface area (Å²) < 4.78 is 2.74. The number of nitrogens with one attached hydrogen (secondary N) is 1. The van der Waals surface area contributed by atoms with Gasteiger partial charge in [-0.1, -0.05) is 51.1 Å². The molecule has 3 nitrogen and oxygen atoms in total. The molecule has 0 fully saturated rings. The Bertz CT molecular complexity index is 546. The van der Waals surface area contributed by atoms with Crippen LogP contribution in [0, 0.1) is 10.2 Å². The number of benzene rings is 1. The third-order valence-corrected chi connectivity index (χ3v) is 2.73. The van der Waals surface area contributed by atoms with Gasteiger partial charge in [0.1, 0.15) is 0 Å². The van der Waals surface area contributed by atoms with Gasteiger partial charge in [-0.15, -0.1) is 0 Å².